The van der Waals surface area contributed by atoms with Crippen LogP contribution in [-0.2, 0) is 14.4 Å². The van der Waals surface area contributed by atoms with Crippen molar-refractivity contribution in [2.24, 2.45) is 5.41 Å². The number of rotatable bonds is 6. The third kappa shape index (κ3) is 13.8. The fourth-order valence-electron chi connectivity index (χ4n) is 4.58. The lowest BCUT2D eigenvalue weighted by Crippen LogP contribution is -2.51. The van der Waals surface area contributed by atoms with Crippen molar-refractivity contribution >= 4 is 41.0 Å². The molecule has 0 radical (unpaired) electrons. The van der Waals surface area contributed by atoms with Crippen molar-refractivity contribution in [3.8, 4) is 0 Å². The van der Waals surface area contributed by atoms with Crippen LogP contribution in [0.15, 0.2) is 79.0 Å². The molecule has 1 unspecified atom stereocenters. The molecule has 0 spiro atoms. The van der Waals surface area contributed by atoms with Gasteiger partial charge in [-0.15, -0.1) is 0 Å². The Morgan fingerprint density at radius 2 is 1.43 bits per heavy atom. The SMILES string of the molecule is CC.C[C@]1(CC(=O)O)CCC(c2ccc(Cl)cc2)N([C@@H](CC(F)(F)F)c2ccccn2)C1=O.Clc1ccccc1.O=C(O)C(F)(F)F. The third-order valence-corrected chi connectivity index (χ3v) is 7.12. The summed E-state index contributed by atoms with van der Waals surface area (Å²) < 4.78 is 72.5. The van der Waals surface area contributed by atoms with Gasteiger partial charge in [-0.2, -0.15) is 26.3 Å². The quantitative estimate of drug-likeness (QED) is 0.247. The molecule has 3 atom stereocenters. The molecule has 2 N–H and O–H groups in total. The highest BCUT2D eigenvalue weighted by atomic mass is 35.5. The molecule has 3 aromatic rings. The average Bonchev–Trinajstić information content (AvgIpc) is 2.99. The number of piperidine rings is 1. The van der Waals surface area contributed by atoms with Crippen LogP contribution in [-0.4, -0.2) is 50.3 Å². The normalized spacial score (nSPS) is 18.2. The number of hydrogen-bond donors (Lipinski definition) is 2. The Morgan fingerprint density at radius 3 is 1.83 bits per heavy atom. The molecule has 7 nitrogen and oxygen atoms in total. The number of alkyl halides is 6. The maximum atomic E-state index is 13.6. The maximum absolute atomic E-state index is 13.6. The van der Waals surface area contributed by atoms with Gasteiger partial charge in [0.15, 0.2) is 0 Å². The van der Waals surface area contributed by atoms with Gasteiger partial charge in [-0.1, -0.05) is 80.4 Å². The number of likely N-dealkylation sites (tertiary alicyclic amines) is 1. The highest BCUT2D eigenvalue weighted by Gasteiger charge is 2.50. The smallest absolute Gasteiger partial charge is 0.481 e. The number of carboxylic acids is 2. The Labute approximate surface area is 278 Å². The minimum absolute atomic E-state index is 0.103. The van der Waals surface area contributed by atoms with Crippen molar-refractivity contribution in [2.45, 2.75) is 70.9 Å². The fourth-order valence-corrected chi connectivity index (χ4v) is 4.85. The van der Waals surface area contributed by atoms with Crippen LogP contribution >= 0.6 is 23.2 Å². The monoisotopic (exact) mass is 710 g/mol. The number of carbonyl (C=O) groups excluding carboxylic acids is 1. The van der Waals surface area contributed by atoms with Crippen molar-refractivity contribution in [1.29, 1.82) is 0 Å². The lowest BCUT2D eigenvalue weighted by Gasteiger charge is -2.47. The molecule has 258 valence electrons. The molecule has 47 heavy (non-hydrogen) atoms. The van der Waals surface area contributed by atoms with Crippen LogP contribution in [0.3, 0.4) is 0 Å². The number of carboxylic acid groups (broad SMARTS) is 2. The van der Waals surface area contributed by atoms with E-state index >= 15 is 0 Å². The first-order valence-electron chi connectivity index (χ1n) is 14.1. The van der Waals surface area contributed by atoms with Crippen molar-refractivity contribution in [3.05, 3.63) is 100 Å². The summed E-state index contributed by atoms with van der Waals surface area (Å²) in [7, 11) is 0. The average molecular weight is 712 g/mol. The van der Waals surface area contributed by atoms with E-state index in [-0.39, 0.29) is 12.1 Å². The summed E-state index contributed by atoms with van der Waals surface area (Å²) in [5.41, 5.74) is -0.571. The van der Waals surface area contributed by atoms with Crippen molar-refractivity contribution in [3.63, 3.8) is 0 Å². The van der Waals surface area contributed by atoms with Gasteiger partial charge >= 0.3 is 24.3 Å². The van der Waals surface area contributed by atoms with Crippen LogP contribution < -0.4 is 0 Å². The molecule has 15 heteroatoms. The molecule has 2 aromatic carbocycles. The van der Waals surface area contributed by atoms with E-state index in [0.717, 1.165) is 5.02 Å². The summed E-state index contributed by atoms with van der Waals surface area (Å²) in [5, 5.41) is 17.7. The van der Waals surface area contributed by atoms with Gasteiger partial charge in [-0.25, -0.2) is 4.79 Å². The van der Waals surface area contributed by atoms with Crippen molar-refractivity contribution in [2.75, 3.05) is 0 Å². The van der Waals surface area contributed by atoms with Crippen LogP contribution in [0.1, 0.15) is 69.8 Å². The number of carbonyl (C=O) groups is 3. The minimum atomic E-state index is -5.08. The molecule has 1 aliphatic heterocycles. The number of hydrogen-bond acceptors (Lipinski definition) is 4. The molecule has 1 saturated heterocycles. The number of benzene rings is 2. The largest absolute Gasteiger partial charge is 0.490 e. The van der Waals surface area contributed by atoms with E-state index in [9.17, 15) is 41.0 Å². The zero-order valence-electron chi connectivity index (χ0n) is 25.5. The molecule has 1 amide bonds. The second kappa shape index (κ2) is 18.5. The lowest BCUT2D eigenvalue weighted by molar-refractivity contribution is -0.192. The van der Waals surface area contributed by atoms with Gasteiger partial charge in [0.2, 0.25) is 5.91 Å². The first kappa shape index (κ1) is 41.2. The highest BCUT2D eigenvalue weighted by molar-refractivity contribution is 6.30. The van der Waals surface area contributed by atoms with E-state index in [1.54, 1.807) is 36.4 Å². The third-order valence-electron chi connectivity index (χ3n) is 6.62. The van der Waals surface area contributed by atoms with E-state index in [2.05, 4.69) is 4.98 Å². The number of aliphatic carboxylic acids is 2. The predicted molar refractivity (Wildman–Crippen MR) is 165 cm³/mol. The van der Waals surface area contributed by atoms with E-state index in [0.29, 0.717) is 17.0 Å². The van der Waals surface area contributed by atoms with Gasteiger partial charge in [0.1, 0.15) is 0 Å². The van der Waals surface area contributed by atoms with Gasteiger partial charge < -0.3 is 15.1 Å². The summed E-state index contributed by atoms with van der Waals surface area (Å²) in [6.07, 6.45) is -9.46. The van der Waals surface area contributed by atoms with Crippen molar-refractivity contribution in [1.82, 2.24) is 9.88 Å². The van der Waals surface area contributed by atoms with E-state index in [1.807, 2.05) is 44.2 Å². The Hall–Kier alpha value is -3.84. The van der Waals surface area contributed by atoms with Gasteiger partial charge in [0, 0.05) is 16.2 Å². The van der Waals surface area contributed by atoms with Crippen molar-refractivity contribution < 1.29 is 50.9 Å². The van der Waals surface area contributed by atoms with Crippen LogP contribution in [0.2, 0.25) is 10.0 Å². The molecular weight excluding hydrogens is 677 g/mol. The molecule has 0 aliphatic carbocycles. The molecule has 4 rings (SSSR count). The van der Waals surface area contributed by atoms with Gasteiger partial charge in [-0.05, 0) is 54.8 Å². The standard InChI is InChI=1S/C22H22ClF3N2O3.C6H5Cl.C2HF3O2.C2H6/c1-21(13-19(29)30)10-9-17(14-5-7-15(23)8-6-14)28(20(21)31)18(12-22(24,25)26)16-4-2-3-11-27-16;7-6-4-2-1-3-5-6;3-2(4,5)1(6)7;1-2/h2-8,11,17-18H,9-10,12-13H2,1H3,(H,29,30);1-5H;(H,6,7);1-2H3/t17?,18-,21+;;;/m0.../s1. The van der Waals surface area contributed by atoms with E-state index in [1.165, 1.54) is 24.1 Å². The second-order valence-corrected chi connectivity index (χ2v) is 11.0. The Balaban J connectivity index is 0.000000566. The summed E-state index contributed by atoms with van der Waals surface area (Å²) in [6.45, 7) is 5.50. The highest BCUT2D eigenvalue weighted by Crippen LogP contribution is 2.48. The van der Waals surface area contributed by atoms with Crippen LogP contribution in [0.4, 0.5) is 26.3 Å². The van der Waals surface area contributed by atoms with Crippen LogP contribution in [0.5, 0.6) is 0 Å². The fraction of sp³-hybridized carbons (Fsp3) is 0.375. The Morgan fingerprint density at radius 1 is 0.915 bits per heavy atom. The number of amides is 1. The molecule has 0 saturated carbocycles. The lowest BCUT2D eigenvalue weighted by atomic mass is 9.74. The summed E-state index contributed by atoms with van der Waals surface area (Å²) in [5.74, 6) is -4.56. The zero-order chi connectivity index (χ0) is 36.0. The molecule has 2 heterocycles. The zero-order valence-corrected chi connectivity index (χ0v) is 27.0. The van der Waals surface area contributed by atoms with Gasteiger partial charge in [0.25, 0.3) is 0 Å². The van der Waals surface area contributed by atoms with Gasteiger partial charge in [0.05, 0.1) is 36.0 Å². The van der Waals surface area contributed by atoms with Gasteiger partial charge in [-0.3, -0.25) is 14.6 Å². The molecular formula is C32H34Cl2F6N2O5. The Kier molecular flexibility index (Phi) is 16.2. The van der Waals surface area contributed by atoms with E-state index < -0.39 is 60.5 Å². The predicted octanol–water partition coefficient (Wildman–Crippen LogP) is 9.57. The van der Waals surface area contributed by atoms with Crippen LogP contribution in [0, 0.1) is 5.41 Å². The summed E-state index contributed by atoms with van der Waals surface area (Å²) in [4.78, 5) is 39.2. The topological polar surface area (TPSA) is 108 Å². The summed E-state index contributed by atoms with van der Waals surface area (Å²) >= 11 is 11.5. The minimum Gasteiger partial charge on any atom is -0.481 e. The molecule has 1 aliphatic rings. The number of pyridine rings is 1. The number of aromatic nitrogens is 1. The molecule has 0 bridgehead atoms. The summed E-state index contributed by atoms with van der Waals surface area (Å²) in [6, 6.07) is 18.6. The molecule has 1 fully saturated rings. The second-order valence-electron chi connectivity index (χ2n) is 10.1. The molecule has 1 aromatic heterocycles. The first-order valence-corrected chi connectivity index (χ1v) is 14.9. The first-order chi connectivity index (χ1) is 21.8. The Bertz CT molecular complexity index is 1410. The maximum Gasteiger partial charge on any atom is 0.490 e. The van der Waals surface area contributed by atoms with E-state index in [4.69, 9.17) is 33.1 Å². The number of halogens is 8. The van der Waals surface area contributed by atoms with Crippen LogP contribution in [0.25, 0.3) is 0 Å². The number of nitrogens with zero attached hydrogens (tertiary/aromatic N) is 2.